The van der Waals surface area contributed by atoms with Gasteiger partial charge in [-0.2, -0.15) is 0 Å². The van der Waals surface area contributed by atoms with Crippen molar-refractivity contribution in [2.75, 3.05) is 4.90 Å². The van der Waals surface area contributed by atoms with Gasteiger partial charge in [-0.15, -0.1) is 0 Å². The van der Waals surface area contributed by atoms with E-state index in [9.17, 15) is 14.7 Å². The van der Waals surface area contributed by atoms with Crippen molar-refractivity contribution in [1.82, 2.24) is 4.98 Å². The summed E-state index contributed by atoms with van der Waals surface area (Å²) in [4.78, 5) is 32.4. The maximum absolute atomic E-state index is 13.2. The monoisotopic (exact) mass is 504 g/mol. The Labute approximate surface area is 196 Å². The topological polar surface area (TPSA) is 70.5 Å². The molecule has 4 aromatic rings. The van der Waals surface area contributed by atoms with Crippen LogP contribution in [0.3, 0.4) is 0 Å². The molecular weight excluding hydrogens is 488 g/mol. The number of halogens is 1. The molecule has 1 atom stereocenters. The van der Waals surface area contributed by atoms with E-state index in [0.29, 0.717) is 16.3 Å². The van der Waals surface area contributed by atoms with E-state index in [-0.39, 0.29) is 11.3 Å². The third-order valence-electron chi connectivity index (χ3n) is 5.44. The third-order valence-corrected chi connectivity index (χ3v) is 7.01. The van der Waals surface area contributed by atoms with Crippen LogP contribution < -0.4 is 4.90 Å². The molecule has 1 saturated heterocycles. The smallest absolute Gasteiger partial charge is 0.301 e. The summed E-state index contributed by atoms with van der Waals surface area (Å²) in [6.07, 6.45) is 0. The Balaban J connectivity index is 1.73. The summed E-state index contributed by atoms with van der Waals surface area (Å²) in [6, 6.07) is 21.4. The van der Waals surface area contributed by atoms with Crippen molar-refractivity contribution in [2.24, 2.45) is 0 Å². The fourth-order valence-corrected chi connectivity index (χ4v) is 5.08. The zero-order valence-electron chi connectivity index (χ0n) is 16.9. The summed E-state index contributed by atoms with van der Waals surface area (Å²) in [5.41, 5.74) is 3.03. The molecule has 1 amide bonds. The van der Waals surface area contributed by atoms with Gasteiger partial charge in [-0.1, -0.05) is 81.4 Å². The van der Waals surface area contributed by atoms with Gasteiger partial charge < -0.3 is 5.11 Å². The molecule has 32 heavy (non-hydrogen) atoms. The first-order valence-electron chi connectivity index (χ1n) is 9.93. The SMILES string of the molecule is Cc1ccc(/C(O)=C2/C(=O)C(=O)N(c3nc4ccccc4s3)C2c2ccc(Br)cc2)cc1. The number of carbonyl (C=O) groups is 2. The molecule has 1 aromatic heterocycles. The van der Waals surface area contributed by atoms with Gasteiger partial charge in [0.1, 0.15) is 5.76 Å². The Morgan fingerprint density at radius 2 is 1.69 bits per heavy atom. The molecule has 0 spiro atoms. The highest BCUT2D eigenvalue weighted by molar-refractivity contribution is 9.10. The van der Waals surface area contributed by atoms with E-state index >= 15 is 0 Å². The molecular formula is C25H17BrN2O3S. The van der Waals surface area contributed by atoms with Crippen molar-refractivity contribution in [3.63, 3.8) is 0 Å². The van der Waals surface area contributed by atoms with Crippen LogP contribution in [0.1, 0.15) is 22.7 Å². The van der Waals surface area contributed by atoms with Crippen LogP contribution in [0.15, 0.2) is 82.8 Å². The number of benzene rings is 3. The zero-order chi connectivity index (χ0) is 22.4. The number of aliphatic hydroxyl groups excluding tert-OH is 1. The molecule has 0 saturated carbocycles. The summed E-state index contributed by atoms with van der Waals surface area (Å²) in [5.74, 6) is -1.62. The van der Waals surface area contributed by atoms with Gasteiger partial charge in [-0.25, -0.2) is 4.98 Å². The van der Waals surface area contributed by atoms with Gasteiger partial charge in [0.2, 0.25) is 0 Å². The first-order chi connectivity index (χ1) is 15.4. The summed E-state index contributed by atoms with van der Waals surface area (Å²) in [6.45, 7) is 1.94. The second-order valence-electron chi connectivity index (χ2n) is 7.55. The van der Waals surface area contributed by atoms with Crippen LogP contribution in [0.2, 0.25) is 0 Å². The summed E-state index contributed by atoms with van der Waals surface area (Å²) < 4.78 is 1.79. The number of para-hydroxylation sites is 1. The molecule has 158 valence electrons. The number of aliphatic hydroxyl groups is 1. The minimum absolute atomic E-state index is 0.0560. The molecule has 5 rings (SSSR count). The van der Waals surface area contributed by atoms with Crippen molar-refractivity contribution in [3.05, 3.63) is 99.5 Å². The number of Topliss-reactive ketones (excluding diaryl/α,β-unsaturated/α-hetero) is 1. The number of hydrogen-bond donors (Lipinski definition) is 1. The second kappa shape index (κ2) is 8.00. The normalized spacial score (nSPS) is 17.9. The highest BCUT2D eigenvalue weighted by Crippen LogP contribution is 2.44. The van der Waals surface area contributed by atoms with Crippen molar-refractivity contribution in [2.45, 2.75) is 13.0 Å². The summed E-state index contributed by atoms with van der Waals surface area (Å²) in [5, 5.41) is 11.6. The van der Waals surface area contributed by atoms with Gasteiger partial charge in [0.05, 0.1) is 21.8 Å². The molecule has 0 radical (unpaired) electrons. The number of fused-ring (bicyclic) bond motifs is 1. The predicted molar refractivity (Wildman–Crippen MR) is 130 cm³/mol. The van der Waals surface area contributed by atoms with Gasteiger partial charge in [-0.05, 0) is 36.8 Å². The molecule has 1 aliphatic heterocycles. The number of ketones is 1. The molecule has 2 heterocycles. The van der Waals surface area contributed by atoms with E-state index in [2.05, 4.69) is 20.9 Å². The van der Waals surface area contributed by atoms with E-state index in [0.717, 1.165) is 20.3 Å². The largest absolute Gasteiger partial charge is 0.507 e. The lowest BCUT2D eigenvalue weighted by Crippen LogP contribution is -2.29. The minimum atomic E-state index is -0.787. The fraction of sp³-hybridized carbons (Fsp3) is 0.0800. The van der Waals surface area contributed by atoms with Crippen molar-refractivity contribution in [1.29, 1.82) is 0 Å². The highest BCUT2D eigenvalue weighted by atomic mass is 79.9. The molecule has 1 N–H and O–H groups in total. The van der Waals surface area contributed by atoms with Crippen molar-refractivity contribution < 1.29 is 14.7 Å². The molecule has 5 nitrogen and oxygen atoms in total. The lowest BCUT2D eigenvalue weighted by atomic mass is 9.95. The molecule has 1 aliphatic rings. The number of thiazole rings is 1. The van der Waals surface area contributed by atoms with Gasteiger partial charge >= 0.3 is 5.91 Å². The van der Waals surface area contributed by atoms with Crippen LogP contribution in [0.4, 0.5) is 5.13 Å². The maximum atomic E-state index is 13.2. The number of aromatic nitrogens is 1. The Morgan fingerprint density at radius 3 is 2.38 bits per heavy atom. The Kier molecular flexibility index (Phi) is 5.15. The number of hydrogen-bond acceptors (Lipinski definition) is 5. The molecule has 1 unspecified atom stereocenters. The van der Waals surface area contributed by atoms with Crippen LogP contribution in [0, 0.1) is 6.92 Å². The standard InChI is InChI=1S/C25H17BrN2O3S/c1-14-6-8-16(9-7-14)22(29)20-21(15-10-12-17(26)13-11-15)28(24(31)23(20)30)25-27-18-4-2-3-5-19(18)32-25/h2-13,21,29H,1H3/b22-20-. The zero-order valence-corrected chi connectivity index (χ0v) is 19.4. The first kappa shape index (κ1) is 20.6. The number of amides is 1. The number of carbonyl (C=O) groups excluding carboxylic acids is 2. The van der Waals surface area contributed by atoms with Crippen molar-refractivity contribution >= 4 is 60.1 Å². The van der Waals surface area contributed by atoms with E-state index < -0.39 is 17.7 Å². The van der Waals surface area contributed by atoms with Gasteiger partial charge in [-0.3, -0.25) is 14.5 Å². The number of anilines is 1. The lowest BCUT2D eigenvalue weighted by molar-refractivity contribution is -0.132. The summed E-state index contributed by atoms with van der Waals surface area (Å²) >= 11 is 4.77. The lowest BCUT2D eigenvalue weighted by Gasteiger charge is -2.23. The number of rotatable bonds is 3. The minimum Gasteiger partial charge on any atom is -0.507 e. The van der Waals surface area contributed by atoms with Crippen LogP contribution in [-0.2, 0) is 9.59 Å². The van der Waals surface area contributed by atoms with Gasteiger partial charge in [0.25, 0.3) is 5.78 Å². The Hall–Kier alpha value is -3.29. The summed E-state index contributed by atoms with van der Waals surface area (Å²) in [7, 11) is 0. The van der Waals surface area contributed by atoms with Crippen LogP contribution in [-0.4, -0.2) is 21.8 Å². The van der Waals surface area contributed by atoms with Gasteiger partial charge in [0.15, 0.2) is 5.13 Å². The maximum Gasteiger partial charge on any atom is 0.301 e. The quantitative estimate of drug-likeness (QED) is 0.211. The van der Waals surface area contributed by atoms with E-state index in [1.807, 2.05) is 67.6 Å². The molecule has 1 fully saturated rings. The van der Waals surface area contributed by atoms with E-state index in [1.165, 1.54) is 16.2 Å². The highest BCUT2D eigenvalue weighted by Gasteiger charge is 2.48. The van der Waals surface area contributed by atoms with E-state index in [1.54, 1.807) is 12.1 Å². The fourth-order valence-electron chi connectivity index (χ4n) is 3.82. The van der Waals surface area contributed by atoms with Crippen LogP contribution in [0.5, 0.6) is 0 Å². The van der Waals surface area contributed by atoms with E-state index in [4.69, 9.17) is 0 Å². The molecule has 3 aromatic carbocycles. The Bertz CT molecular complexity index is 1360. The van der Waals surface area contributed by atoms with Crippen molar-refractivity contribution in [3.8, 4) is 0 Å². The first-order valence-corrected chi connectivity index (χ1v) is 11.5. The average Bonchev–Trinajstić information content (AvgIpc) is 3.33. The van der Waals surface area contributed by atoms with Crippen LogP contribution in [0.25, 0.3) is 16.0 Å². The number of aryl methyl sites for hydroxylation is 1. The predicted octanol–water partition coefficient (Wildman–Crippen LogP) is 5.99. The third kappa shape index (κ3) is 3.43. The van der Waals surface area contributed by atoms with Crippen LogP contribution >= 0.6 is 27.3 Å². The molecule has 0 aliphatic carbocycles. The molecule has 0 bridgehead atoms. The Morgan fingerprint density at radius 1 is 1.00 bits per heavy atom. The molecule has 7 heteroatoms. The van der Waals surface area contributed by atoms with Gasteiger partial charge in [0, 0.05) is 10.0 Å². The second-order valence-corrected chi connectivity index (χ2v) is 9.48. The average molecular weight is 505 g/mol. The number of nitrogens with zero attached hydrogens (tertiary/aromatic N) is 2.